The third-order valence-corrected chi connectivity index (χ3v) is 4.55. The number of nitrogens with one attached hydrogen (secondary N) is 1. The fourth-order valence-electron chi connectivity index (χ4n) is 2.23. The Kier molecular flexibility index (Phi) is 7.96. The Hall–Kier alpha value is -0.220. The fraction of sp³-hybridized carbons (Fsp3) is 0.625. The average Bonchev–Trinajstić information content (AvgIpc) is 2.40. The van der Waals surface area contributed by atoms with E-state index < -0.39 is 0 Å². The van der Waals surface area contributed by atoms with Crippen LogP contribution >= 0.6 is 23.4 Å². The monoisotopic (exact) mass is 315 g/mol. The lowest BCUT2D eigenvalue weighted by atomic mass is 9.96. The first kappa shape index (κ1) is 17.8. The van der Waals surface area contributed by atoms with E-state index in [1.807, 2.05) is 23.9 Å². The number of aliphatic hydroxyl groups excluding tert-OH is 1. The van der Waals surface area contributed by atoms with E-state index in [0.717, 1.165) is 29.4 Å². The number of halogens is 1. The molecule has 2 nitrogen and oxygen atoms in total. The maximum Gasteiger partial charge on any atom is 0.0610 e. The summed E-state index contributed by atoms with van der Waals surface area (Å²) in [7, 11) is 0. The van der Waals surface area contributed by atoms with Gasteiger partial charge in [-0.2, -0.15) is 11.8 Å². The van der Waals surface area contributed by atoms with Crippen LogP contribution in [-0.2, 0) is 5.75 Å². The van der Waals surface area contributed by atoms with Crippen LogP contribution in [0.25, 0.3) is 0 Å². The minimum absolute atomic E-state index is 0.158. The molecule has 0 heterocycles. The Balaban J connectivity index is 2.22. The molecule has 1 aromatic carbocycles. The van der Waals surface area contributed by atoms with Gasteiger partial charge >= 0.3 is 0 Å². The number of rotatable bonds is 9. The Morgan fingerprint density at radius 1 is 1.30 bits per heavy atom. The molecular weight excluding hydrogens is 290 g/mol. The molecule has 0 spiro atoms. The van der Waals surface area contributed by atoms with Crippen molar-refractivity contribution in [3.05, 3.63) is 34.9 Å². The minimum atomic E-state index is -0.158. The molecule has 0 bridgehead atoms. The van der Waals surface area contributed by atoms with Crippen LogP contribution in [0.4, 0.5) is 0 Å². The number of benzene rings is 1. The lowest BCUT2D eigenvalue weighted by Crippen LogP contribution is -2.49. The van der Waals surface area contributed by atoms with Crippen molar-refractivity contribution >= 4 is 23.4 Å². The largest absolute Gasteiger partial charge is 0.394 e. The molecule has 2 N–H and O–H groups in total. The highest BCUT2D eigenvalue weighted by molar-refractivity contribution is 7.98. The molecule has 0 fully saturated rings. The summed E-state index contributed by atoms with van der Waals surface area (Å²) in [5.41, 5.74) is 1.15. The van der Waals surface area contributed by atoms with Gasteiger partial charge in [0.15, 0.2) is 0 Å². The van der Waals surface area contributed by atoms with E-state index in [4.69, 9.17) is 11.6 Å². The van der Waals surface area contributed by atoms with Crippen molar-refractivity contribution in [3.8, 4) is 0 Å². The lowest BCUT2D eigenvalue weighted by molar-refractivity contribution is 0.156. The average molecular weight is 316 g/mol. The lowest BCUT2D eigenvalue weighted by Gasteiger charge is -2.31. The van der Waals surface area contributed by atoms with Crippen molar-refractivity contribution in [2.45, 2.75) is 50.9 Å². The second-order valence-electron chi connectivity index (χ2n) is 5.80. The maximum atomic E-state index is 9.51. The van der Waals surface area contributed by atoms with Gasteiger partial charge in [0.05, 0.1) is 6.61 Å². The van der Waals surface area contributed by atoms with Gasteiger partial charge in [-0.3, -0.25) is 0 Å². The molecule has 20 heavy (non-hydrogen) atoms. The summed E-state index contributed by atoms with van der Waals surface area (Å²) in [6, 6.07) is 8.43. The summed E-state index contributed by atoms with van der Waals surface area (Å²) >= 11 is 7.80. The molecule has 1 atom stereocenters. The molecule has 0 amide bonds. The summed E-state index contributed by atoms with van der Waals surface area (Å²) in [4.78, 5) is 0. The molecule has 0 aliphatic carbocycles. The quantitative estimate of drug-likeness (QED) is 0.673. The van der Waals surface area contributed by atoms with Gasteiger partial charge in [0.1, 0.15) is 0 Å². The molecule has 0 saturated carbocycles. The first-order valence-corrected chi connectivity index (χ1v) is 8.69. The van der Waals surface area contributed by atoms with Crippen LogP contribution < -0.4 is 5.32 Å². The molecule has 114 valence electrons. The molecule has 0 radical (unpaired) electrons. The van der Waals surface area contributed by atoms with E-state index >= 15 is 0 Å². The number of hydrogen-bond donors (Lipinski definition) is 2. The third kappa shape index (κ3) is 6.98. The van der Waals surface area contributed by atoms with Crippen LogP contribution in [0.5, 0.6) is 0 Å². The van der Waals surface area contributed by atoms with Gasteiger partial charge < -0.3 is 10.4 Å². The summed E-state index contributed by atoms with van der Waals surface area (Å²) in [5, 5.41) is 13.7. The molecule has 0 aliphatic heterocycles. The number of aliphatic hydroxyl groups is 1. The SMILES string of the molecule is CC(C)NC(C)(CO)CCCSCc1ccc(Cl)cc1. The standard InChI is InChI=1S/C16H26ClNOS/c1-13(2)18-16(3,12-19)9-4-10-20-11-14-5-7-15(17)8-6-14/h5-8,13,18-19H,4,9-12H2,1-3H3. The van der Waals surface area contributed by atoms with Gasteiger partial charge in [-0.25, -0.2) is 0 Å². The zero-order valence-corrected chi connectivity index (χ0v) is 14.2. The van der Waals surface area contributed by atoms with Gasteiger partial charge in [0.2, 0.25) is 0 Å². The molecule has 0 aromatic heterocycles. The molecule has 1 unspecified atom stereocenters. The van der Waals surface area contributed by atoms with Gasteiger partial charge in [0.25, 0.3) is 0 Å². The molecule has 4 heteroatoms. The minimum Gasteiger partial charge on any atom is -0.394 e. The van der Waals surface area contributed by atoms with Crippen molar-refractivity contribution in [2.75, 3.05) is 12.4 Å². The molecule has 1 aromatic rings. The van der Waals surface area contributed by atoms with Gasteiger partial charge in [0, 0.05) is 22.4 Å². The number of hydrogen-bond acceptors (Lipinski definition) is 3. The maximum absolute atomic E-state index is 9.51. The summed E-state index contributed by atoms with van der Waals surface area (Å²) in [6.07, 6.45) is 2.10. The highest BCUT2D eigenvalue weighted by Crippen LogP contribution is 2.19. The van der Waals surface area contributed by atoms with Gasteiger partial charge in [-0.1, -0.05) is 37.6 Å². The Bertz CT molecular complexity index is 383. The van der Waals surface area contributed by atoms with Crippen molar-refractivity contribution in [1.29, 1.82) is 0 Å². The highest BCUT2D eigenvalue weighted by atomic mass is 35.5. The van der Waals surface area contributed by atoms with Crippen LogP contribution in [0.1, 0.15) is 39.2 Å². The van der Waals surface area contributed by atoms with Crippen LogP contribution in [0.2, 0.25) is 5.02 Å². The molecular formula is C16H26ClNOS. The van der Waals surface area contributed by atoms with E-state index in [-0.39, 0.29) is 12.1 Å². The van der Waals surface area contributed by atoms with E-state index in [9.17, 15) is 5.11 Å². The molecule has 0 saturated heterocycles. The Labute approximate surface area is 132 Å². The fourth-order valence-corrected chi connectivity index (χ4v) is 3.28. The second-order valence-corrected chi connectivity index (χ2v) is 7.34. The van der Waals surface area contributed by atoms with E-state index in [1.54, 1.807) is 0 Å². The smallest absolute Gasteiger partial charge is 0.0610 e. The van der Waals surface area contributed by atoms with E-state index in [0.29, 0.717) is 6.04 Å². The Morgan fingerprint density at radius 2 is 1.95 bits per heavy atom. The zero-order valence-electron chi connectivity index (χ0n) is 12.7. The molecule has 1 rings (SSSR count). The van der Waals surface area contributed by atoms with Crippen LogP contribution in [0.15, 0.2) is 24.3 Å². The first-order chi connectivity index (χ1) is 9.45. The first-order valence-electron chi connectivity index (χ1n) is 7.16. The highest BCUT2D eigenvalue weighted by Gasteiger charge is 2.22. The number of thioether (sulfide) groups is 1. The summed E-state index contributed by atoms with van der Waals surface area (Å²) in [6.45, 7) is 6.51. The van der Waals surface area contributed by atoms with Gasteiger partial charge in [-0.15, -0.1) is 0 Å². The molecule has 0 aliphatic rings. The van der Waals surface area contributed by atoms with E-state index in [2.05, 4.69) is 38.2 Å². The summed E-state index contributed by atoms with van der Waals surface area (Å²) in [5.74, 6) is 2.13. The van der Waals surface area contributed by atoms with Crippen molar-refractivity contribution in [1.82, 2.24) is 5.32 Å². The Morgan fingerprint density at radius 3 is 2.50 bits per heavy atom. The topological polar surface area (TPSA) is 32.3 Å². The normalized spacial score (nSPS) is 14.5. The van der Waals surface area contributed by atoms with Crippen molar-refractivity contribution in [3.63, 3.8) is 0 Å². The van der Waals surface area contributed by atoms with Crippen LogP contribution in [0, 0.1) is 0 Å². The van der Waals surface area contributed by atoms with E-state index in [1.165, 1.54) is 5.56 Å². The van der Waals surface area contributed by atoms with Crippen molar-refractivity contribution in [2.24, 2.45) is 0 Å². The van der Waals surface area contributed by atoms with Crippen LogP contribution in [-0.4, -0.2) is 29.0 Å². The van der Waals surface area contributed by atoms with Gasteiger partial charge in [-0.05, 0) is 43.2 Å². The predicted octanol–water partition coefficient (Wildman–Crippen LogP) is 4.10. The zero-order chi connectivity index (χ0) is 15.0. The van der Waals surface area contributed by atoms with Crippen LogP contribution in [0.3, 0.4) is 0 Å². The predicted molar refractivity (Wildman–Crippen MR) is 90.6 cm³/mol. The second kappa shape index (κ2) is 8.93. The summed E-state index contributed by atoms with van der Waals surface area (Å²) < 4.78 is 0. The van der Waals surface area contributed by atoms with Crippen molar-refractivity contribution < 1.29 is 5.11 Å². The third-order valence-electron chi connectivity index (χ3n) is 3.19.